The highest BCUT2D eigenvalue weighted by molar-refractivity contribution is 7.66. The number of rotatable bonds is 8. The maximum Gasteiger partial charge on any atom is 0.497 e. The second-order valence-corrected chi connectivity index (χ2v) is 9.62. The van der Waals surface area contributed by atoms with Crippen LogP contribution in [0.5, 0.6) is 0 Å². The molecule has 21 heteroatoms. The molecular weight excluding hydrogens is 469 g/mol. The normalized spacial score (nSPS) is 29.3. The Morgan fingerprint density at radius 3 is 2.28 bits per heavy atom. The molecule has 1 fully saturated rings. The molecule has 2 rings (SSSR count). The smallest absolute Gasteiger partial charge is 0.386 e. The summed E-state index contributed by atoms with van der Waals surface area (Å²) in [6.07, 6.45) is -5.90. The molecule has 29 heavy (non-hydrogen) atoms. The number of hydrogen-bond acceptors (Lipinski definition) is 13. The zero-order valence-electron chi connectivity index (χ0n) is 13.7. The minimum absolute atomic E-state index is 0.137. The number of phosphoric acid groups is 3. The van der Waals surface area contributed by atoms with Gasteiger partial charge in [0.05, 0.1) is 0 Å². The zero-order valence-corrected chi connectivity index (χ0v) is 16.4. The molecule has 166 valence electrons. The van der Waals surface area contributed by atoms with Gasteiger partial charge in [-0.2, -0.15) is 23.7 Å². The molecule has 0 bridgehead atoms. The molecule has 6 unspecified atom stereocenters. The van der Waals surface area contributed by atoms with Crippen LogP contribution >= 0.6 is 23.5 Å². The van der Waals surface area contributed by atoms with Gasteiger partial charge in [-0.15, -0.1) is 0 Å². The molecule has 1 aliphatic heterocycles. The molecule has 6 atom stereocenters. The van der Waals surface area contributed by atoms with Gasteiger partial charge in [-0.1, -0.05) is 0 Å². The number of hydroxylamine groups is 1. The molecule has 0 saturated carbocycles. The van der Waals surface area contributed by atoms with E-state index in [0.717, 1.165) is 10.8 Å². The van der Waals surface area contributed by atoms with Crippen LogP contribution in [-0.4, -0.2) is 57.8 Å². The number of nitrogens with one attached hydrogen (secondary N) is 1. The van der Waals surface area contributed by atoms with Crippen molar-refractivity contribution in [2.24, 2.45) is 0 Å². The summed E-state index contributed by atoms with van der Waals surface area (Å²) < 4.78 is 50.2. The summed E-state index contributed by atoms with van der Waals surface area (Å²) in [5.74, 6) is -0.137. The van der Waals surface area contributed by atoms with Gasteiger partial charge >= 0.3 is 29.2 Å². The number of aliphatic hydroxyl groups excluding tert-OH is 2. The van der Waals surface area contributed by atoms with Gasteiger partial charge < -0.3 is 40.3 Å². The second kappa shape index (κ2) is 8.58. The summed E-state index contributed by atoms with van der Waals surface area (Å²) in [4.78, 5) is 50.3. The van der Waals surface area contributed by atoms with Crippen LogP contribution in [0, 0.1) is 0 Å². The van der Waals surface area contributed by atoms with Gasteiger partial charge in [0.1, 0.15) is 18.0 Å². The number of aromatic nitrogens is 2. The van der Waals surface area contributed by atoms with E-state index >= 15 is 0 Å². The fourth-order valence-corrected chi connectivity index (χ4v) is 4.90. The number of nitrogens with zero attached hydrogens (tertiary/aromatic N) is 2. The van der Waals surface area contributed by atoms with Crippen molar-refractivity contribution in [2.45, 2.75) is 24.7 Å². The molecule has 1 aromatic rings. The predicted molar refractivity (Wildman–Crippen MR) is 86.9 cm³/mol. The molecule has 0 aliphatic carbocycles. The lowest BCUT2D eigenvalue weighted by Gasteiger charge is -2.19. The van der Waals surface area contributed by atoms with Crippen molar-refractivity contribution in [1.29, 1.82) is 0 Å². The van der Waals surface area contributed by atoms with Crippen LogP contribution in [0.4, 0.5) is 5.82 Å². The van der Waals surface area contributed by atoms with Crippen LogP contribution in [0.15, 0.2) is 17.1 Å². The lowest BCUT2D eigenvalue weighted by molar-refractivity contribution is -0.0941. The fourth-order valence-electron chi connectivity index (χ4n) is 2.02. The molecule has 1 aromatic heterocycles. The summed E-state index contributed by atoms with van der Waals surface area (Å²) in [6.45, 7) is 0. The van der Waals surface area contributed by atoms with Gasteiger partial charge in [0.15, 0.2) is 12.5 Å². The Balaban J connectivity index is 2.05. The van der Waals surface area contributed by atoms with Gasteiger partial charge in [-0.25, -0.2) is 18.5 Å². The van der Waals surface area contributed by atoms with E-state index in [4.69, 9.17) is 25.2 Å². The highest BCUT2D eigenvalue weighted by Gasteiger charge is 2.47. The Bertz CT molecular complexity index is 947. The summed E-state index contributed by atoms with van der Waals surface area (Å²) in [7, 11) is -16.9. The summed E-state index contributed by atoms with van der Waals surface area (Å²) in [5.41, 5.74) is 5.96. The standard InChI is InChI=1S/C8H15N4O14P3/c9-3-1-2-12(8(15)10-3)7-5(14)4(13)6(23-7)11-24-28(19,20)26-29(21,22)25-27(16,17)18/h1-2,4-7,11,13-14H,(H,19,20)(H,21,22)(H2,9,10,15)(H2,16,17,18). The summed E-state index contributed by atoms with van der Waals surface area (Å²) >= 11 is 0. The largest absolute Gasteiger partial charge is 0.497 e. The third-order valence-corrected chi connectivity index (χ3v) is 6.73. The van der Waals surface area contributed by atoms with Gasteiger partial charge in [0.2, 0.25) is 0 Å². The van der Waals surface area contributed by atoms with Crippen molar-refractivity contribution < 1.29 is 61.5 Å². The summed E-state index contributed by atoms with van der Waals surface area (Å²) in [6, 6.07) is 1.18. The lowest BCUT2D eigenvalue weighted by Crippen LogP contribution is -2.40. The minimum atomic E-state index is -5.75. The van der Waals surface area contributed by atoms with E-state index in [0.29, 0.717) is 0 Å². The zero-order chi connectivity index (χ0) is 22.2. The van der Waals surface area contributed by atoms with E-state index in [9.17, 15) is 33.6 Å². The monoisotopic (exact) mass is 484 g/mol. The van der Waals surface area contributed by atoms with Crippen molar-refractivity contribution in [3.8, 4) is 0 Å². The topological polar surface area (TPSA) is 282 Å². The maximum atomic E-state index is 11.8. The highest BCUT2D eigenvalue weighted by atomic mass is 31.3. The first-order valence-corrected chi connectivity index (χ1v) is 11.6. The van der Waals surface area contributed by atoms with Crippen LogP contribution in [-0.2, 0) is 31.7 Å². The van der Waals surface area contributed by atoms with Crippen molar-refractivity contribution in [3.63, 3.8) is 0 Å². The molecule has 1 saturated heterocycles. The van der Waals surface area contributed by atoms with Gasteiger partial charge in [0, 0.05) is 6.20 Å². The average molecular weight is 484 g/mol. The molecule has 0 radical (unpaired) electrons. The number of nitrogens with two attached hydrogens (primary N) is 1. The minimum Gasteiger partial charge on any atom is -0.386 e. The molecule has 2 heterocycles. The van der Waals surface area contributed by atoms with Crippen LogP contribution < -0.4 is 16.9 Å². The first-order valence-electron chi connectivity index (χ1n) is 7.04. The molecule has 9 N–H and O–H groups in total. The predicted octanol–water partition coefficient (Wildman–Crippen LogP) is -2.75. The molecule has 0 amide bonds. The highest BCUT2D eigenvalue weighted by Crippen LogP contribution is 2.66. The lowest BCUT2D eigenvalue weighted by atomic mass is 10.2. The molecule has 0 aromatic carbocycles. The Kier molecular flexibility index (Phi) is 7.16. The van der Waals surface area contributed by atoms with Gasteiger partial charge in [-0.3, -0.25) is 4.57 Å². The number of ether oxygens (including phenoxy) is 1. The van der Waals surface area contributed by atoms with Crippen molar-refractivity contribution in [2.75, 3.05) is 5.73 Å². The molecule has 0 spiro atoms. The van der Waals surface area contributed by atoms with E-state index in [1.54, 1.807) is 5.48 Å². The Morgan fingerprint density at radius 2 is 1.72 bits per heavy atom. The third kappa shape index (κ3) is 6.71. The van der Waals surface area contributed by atoms with Crippen LogP contribution in [0.25, 0.3) is 0 Å². The van der Waals surface area contributed by atoms with Gasteiger partial charge in [-0.05, 0) is 6.07 Å². The molecule has 1 aliphatic rings. The van der Waals surface area contributed by atoms with Crippen molar-refractivity contribution in [3.05, 3.63) is 22.7 Å². The Hall–Kier alpha value is -1.07. The third-order valence-electron chi connectivity index (χ3n) is 3.06. The molecular formula is C8H15N4O14P3. The SMILES string of the molecule is Nc1ccn(C2OC(NOP(=O)(O)OP(=O)(O)OP(=O)(O)O)C(O)C2O)c(=O)n1. The second-order valence-electron chi connectivity index (χ2n) is 5.27. The number of nitrogen functional groups attached to an aromatic ring is 1. The Labute approximate surface area is 159 Å². The average Bonchev–Trinajstić information content (AvgIpc) is 2.78. The molecule has 18 nitrogen and oxygen atoms in total. The Morgan fingerprint density at radius 1 is 1.10 bits per heavy atom. The van der Waals surface area contributed by atoms with Crippen molar-refractivity contribution in [1.82, 2.24) is 15.0 Å². The summed E-state index contributed by atoms with van der Waals surface area (Å²) in [5, 5.41) is 19.9. The first-order chi connectivity index (χ1) is 13.1. The van der Waals surface area contributed by atoms with E-state index in [1.165, 1.54) is 6.07 Å². The maximum absolute atomic E-state index is 11.8. The fraction of sp³-hybridized carbons (Fsp3) is 0.500. The number of hydrogen-bond donors (Lipinski definition) is 8. The van der Waals surface area contributed by atoms with E-state index in [-0.39, 0.29) is 5.82 Å². The first kappa shape index (κ1) is 24.2. The van der Waals surface area contributed by atoms with Gasteiger partial charge in [0.25, 0.3) is 0 Å². The van der Waals surface area contributed by atoms with Crippen molar-refractivity contribution >= 4 is 29.3 Å². The van der Waals surface area contributed by atoms with E-state index in [1.807, 2.05) is 0 Å². The quantitative estimate of drug-likeness (QED) is 0.137. The van der Waals surface area contributed by atoms with Crippen LogP contribution in [0.2, 0.25) is 0 Å². The van der Waals surface area contributed by atoms with Crippen LogP contribution in [0.1, 0.15) is 6.23 Å². The van der Waals surface area contributed by atoms with E-state index < -0.39 is 53.8 Å². The van der Waals surface area contributed by atoms with E-state index in [2.05, 4.69) is 18.2 Å². The van der Waals surface area contributed by atoms with Crippen LogP contribution in [0.3, 0.4) is 0 Å². The number of aliphatic hydroxyl groups is 2. The number of anilines is 1.